The van der Waals surface area contributed by atoms with E-state index >= 15 is 0 Å². The molecule has 1 fully saturated rings. The van der Waals surface area contributed by atoms with Crippen LogP contribution >= 0.6 is 0 Å². The molecule has 0 bridgehead atoms. The van der Waals surface area contributed by atoms with Gasteiger partial charge in [0.15, 0.2) is 0 Å². The summed E-state index contributed by atoms with van der Waals surface area (Å²) in [4.78, 5) is 0. The summed E-state index contributed by atoms with van der Waals surface area (Å²) in [7, 11) is 0. The van der Waals surface area contributed by atoms with Crippen LogP contribution in [0.2, 0.25) is 0 Å². The van der Waals surface area contributed by atoms with Gasteiger partial charge < -0.3 is 4.74 Å². The lowest BCUT2D eigenvalue weighted by atomic mass is 9.92. The maximum atomic E-state index is 5.46. The predicted molar refractivity (Wildman–Crippen MR) is 93.5 cm³/mol. The van der Waals surface area contributed by atoms with Crippen molar-refractivity contribution in [3.05, 3.63) is 6.42 Å². The Bertz CT molecular complexity index is 210. The van der Waals surface area contributed by atoms with Crippen LogP contribution in [0.25, 0.3) is 0 Å². The molecule has 0 aliphatic carbocycles. The molecule has 1 heteroatoms. The van der Waals surface area contributed by atoms with E-state index in [4.69, 9.17) is 4.74 Å². The average Bonchev–Trinajstić information content (AvgIpc) is 2.45. The molecule has 1 aliphatic rings. The third-order valence-electron chi connectivity index (χ3n) is 5.04. The van der Waals surface area contributed by atoms with E-state index in [0.29, 0.717) is 6.10 Å². The van der Waals surface area contributed by atoms with Crippen LogP contribution < -0.4 is 0 Å². The topological polar surface area (TPSA) is 9.23 Å². The summed E-state index contributed by atoms with van der Waals surface area (Å²) in [5.41, 5.74) is 0. The molecular formula is C20H39O. The summed E-state index contributed by atoms with van der Waals surface area (Å²) in [6.07, 6.45) is 22.8. The van der Waals surface area contributed by atoms with E-state index < -0.39 is 0 Å². The van der Waals surface area contributed by atoms with Gasteiger partial charge in [0.1, 0.15) is 0 Å². The highest BCUT2D eigenvalue weighted by Gasteiger charge is 2.16. The molecule has 1 saturated heterocycles. The lowest BCUT2D eigenvalue weighted by Gasteiger charge is -2.26. The van der Waals surface area contributed by atoms with Crippen molar-refractivity contribution in [1.29, 1.82) is 0 Å². The van der Waals surface area contributed by atoms with Gasteiger partial charge in [-0.25, -0.2) is 0 Å². The molecule has 2 atom stereocenters. The third kappa shape index (κ3) is 10.3. The summed E-state index contributed by atoms with van der Waals surface area (Å²) in [5, 5.41) is 0. The monoisotopic (exact) mass is 295 g/mol. The molecule has 0 amide bonds. The molecule has 0 aromatic carbocycles. The second-order valence-electron chi connectivity index (χ2n) is 6.92. The Balaban J connectivity index is 1.80. The Hall–Kier alpha value is -0.0400. The molecule has 1 nitrogen and oxygen atoms in total. The Morgan fingerprint density at radius 2 is 1.48 bits per heavy atom. The highest BCUT2D eigenvalue weighted by molar-refractivity contribution is 4.71. The summed E-state index contributed by atoms with van der Waals surface area (Å²) < 4.78 is 5.46. The standard InChI is InChI=1S/C20H39O/c1-3-5-6-11-14-19(4-2)15-12-9-7-8-10-13-16-20-17-18-21-20/h4,19-20H,3,5-18H2,1-2H3. The van der Waals surface area contributed by atoms with Gasteiger partial charge in [-0.15, -0.1) is 0 Å². The van der Waals surface area contributed by atoms with E-state index in [-0.39, 0.29) is 0 Å². The van der Waals surface area contributed by atoms with Crippen molar-refractivity contribution in [1.82, 2.24) is 0 Å². The van der Waals surface area contributed by atoms with Gasteiger partial charge >= 0.3 is 0 Å². The first kappa shape index (κ1) is 19.0. The van der Waals surface area contributed by atoms with Gasteiger partial charge in [-0.1, -0.05) is 90.9 Å². The molecule has 21 heavy (non-hydrogen) atoms. The molecule has 125 valence electrons. The van der Waals surface area contributed by atoms with Crippen molar-refractivity contribution in [2.45, 2.75) is 110 Å². The number of hydrogen-bond acceptors (Lipinski definition) is 1. The van der Waals surface area contributed by atoms with Gasteiger partial charge in [-0.3, -0.25) is 0 Å². The Kier molecular flexibility index (Phi) is 12.3. The van der Waals surface area contributed by atoms with Crippen molar-refractivity contribution in [2.75, 3.05) is 6.61 Å². The third-order valence-corrected chi connectivity index (χ3v) is 5.04. The average molecular weight is 296 g/mol. The van der Waals surface area contributed by atoms with Gasteiger partial charge in [0.2, 0.25) is 0 Å². The Morgan fingerprint density at radius 3 is 2.00 bits per heavy atom. The normalized spacial score (nSPS) is 19.4. The number of ether oxygens (including phenoxy) is 1. The van der Waals surface area contributed by atoms with Crippen molar-refractivity contribution in [3.63, 3.8) is 0 Å². The van der Waals surface area contributed by atoms with Gasteiger partial charge in [0.25, 0.3) is 0 Å². The fraction of sp³-hybridized carbons (Fsp3) is 0.950. The minimum atomic E-state index is 0.624. The van der Waals surface area contributed by atoms with Crippen LogP contribution in [0.3, 0.4) is 0 Å². The van der Waals surface area contributed by atoms with Gasteiger partial charge in [0, 0.05) is 6.61 Å². The molecule has 0 aromatic heterocycles. The van der Waals surface area contributed by atoms with E-state index in [1.807, 2.05) is 0 Å². The van der Waals surface area contributed by atoms with Crippen LogP contribution in [0, 0.1) is 12.3 Å². The van der Waals surface area contributed by atoms with E-state index in [1.54, 1.807) is 0 Å². The largest absolute Gasteiger partial charge is 0.378 e. The minimum Gasteiger partial charge on any atom is -0.378 e. The number of rotatable bonds is 15. The zero-order chi connectivity index (χ0) is 15.2. The predicted octanol–water partition coefficient (Wildman–Crippen LogP) is 6.71. The lowest BCUT2D eigenvalue weighted by molar-refractivity contribution is -0.0555. The minimum absolute atomic E-state index is 0.624. The molecular weight excluding hydrogens is 256 g/mol. The van der Waals surface area contributed by atoms with Crippen molar-refractivity contribution >= 4 is 0 Å². The van der Waals surface area contributed by atoms with Crippen molar-refractivity contribution in [3.8, 4) is 0 Å². The van der Waals surface area contributed by atoms with Gasteiger partial charge in [-0.05, 0) is 25.2 Å². The van der Waals surface area contributed by atoms with Gasteiger partial charge in [-0.2, -0.15) is 0 Å². The van der Waals surface area contributed by atoms with E-state index in [9.17, 15) is 0 Å². The zero-order valence-electron chi connectivity index (χ0n) is 14.7. The van der Waals surface area contributed by atoms with Crippen LogP contribution in [0.4, 0.5) is 0 Å². The molecule has 0 spiro atoms. The van der Waals surface area contributed by atoms with E-state index in [0.717, 1.165) is 12.5 Å². The highest BCUT2D eigenvalue weighted by Crippen LogP contribution is 2.21. The fourth-order valence-corrected chi connectivity index (χ4v) is 3.31. The summed E-state index contributed by atoms with van der Waals surface area (Å²) in [6.45, 7) is 5.56. The maximum absolute atomic E-state index is 5.46. The van der Waals surface area contributed by atoms with Crippen molar-refractivity contribution < 1.29 is 4.74 Å². The SMILES string of the molecule is C[CH]C(CCCCCC)CCCCCCCCC1CCO1. The molecule has 1 radical (unpaired) electrons. The summed E-state index contributed by atoms with van der Waals surface area (Å²) >= 11 is 0. The summed E-state index contributed by atoms with van der Waals surface area (Å²) in [6, 6.07) is 0. The molecule has 1 heterocycles. The summed E-state index contributed by atoms with van der Waals surface area (Å²) in [5.74, 6) is 0.887. The lowest BCUT2D eigenvalue weighted by Crippen LogP contribution is -2.26. The second-order valence-corrected chi connectivity index (χ2v) is 6.92. The van der Waals surface area contributed by atoms with Crippen LogP contribution in [0.5, 0.6) is 0 Å². The first-order valence-corrected chi connectivity index (χ1v) is 9.78. The van der Waals surface area contributed by atoms with Crippen LogP contribution in [0.15, 0.2) is 0 Å². The highest BCUT2D eigenvalue weighted by atomic mass is 16.5. The first-order chi connectivity index (χ1) is 10.4. The Labute approximate surface area is 134 Å². The molecule has 2 unspecified atom stereocenters. The number of unbranched alkanes of at least 4 members (excludes halogenated alkanes) is 8. The van der Waals surface area contributed by atoms with Gasteiger partial charge in [0.05, 0.1) is 6.10 Å². The molecule has 1 rings (SSSR count). The Morgan fingerprint density at radius 1 is 0.905 bits per heavy atom. The van der Waals surface area contributed by atoms with Crippen molar-refractivity contribution in [2.24, 2.45) is 5.92 Å². The molecule has 1 aliphatic heterocycles. The molecule has 0 aromatic rings. The van der Waals surface area contributed by atoms with Crippen LogP contribution in [-0.2, 0) is 4.74 Å². The van der Waals surface area contributed by atoms with E-state index in [2.05, 4.69) is 20.3 Å². The van der Waals surface area contributed by atoms with E-state index in [1.165, 1.54) is 89.9 Å². The zero-order valence-corrected chi connectivity index (χ0v) is 14.7. The number of hydrogen-bond donors (Lipinski definition) is 0. The first-order valence-electron chi connectivity index (χ1n) is 9.78. The quantitative estimate of drug-likeness (QED) is 0.305. The fourth-order valence-electron chi connectivity index (χ4n) is 3.31. The smallest absolute Gasteiger partial charge is 0.0597 e. The molecule has 0 N–H and O–H groups in total. The molecule has 0 saturated carbocycles. The maximum Gasteiger partial charge on any atom is 0.0597 e. The van der Waals surface area contributed by atoms with Crippen LogP contribution in [0.1, 0.15) is 104 Å². The van der Waals surface area contributed by atoms with Crippen LogP contribution in [-0.4, -0.2) is 12.7 Å². The second kappa shape index (κ2) is 13.6.